The number of hydrogen-bond acceptors (Lipinski definition) is 4. The number of halogens is 1. The molecule has 5 rings (SSSR count). The number of nitrogens with zero attached hydrogens (tertiary/aromatic N) is 2. The predicted molar refractivity (Wildman–Crippen MR) is 149 cm³/mol. The first-order chi connectivity index (χ1) is 18.6. The Hall–Kier alpha value is -4.10. The molecule has 7 nitrogen and oxygen atoms in total. The van der Waals surface area contributed by atoms with Gasteiger partial charge in [0.1, 0.15) is 17.5 Å². The summed E-state index contributed by atoms with van der Waals surface area (Å²) in [7, 11) is 1.82. The van der Waals surface area contributed by atoms with Crippen LogP contribution in [0.5, 0.6) is 5.75 Å². The van der Waals surface area contributed by atoms with Gasteiger partial charge in [-0.25, -0.2) is 9.59 Å². The number of carbonyl (C=O) groups is 2. The molecule has 0 bridgehead atoms. The third kappa shape index (κ3) is 5.40. The molecule has 1 aliphatic rings. The normalized spacial score (nSPS) is 12.9. The highest BCUT2D eigenvalue weighted by atomic mass is 35.5. The zero-order valence-electron chi connectivity index (χ0n) is 22.0. The minimum atomic E-state index is -1.16. The van der Waals surface area contributed by atoms with Gasteiger partial charge < -0.3 is 14.9 Å². The molecule has 1 heterocycles. The molecule has 0 amide bonds. The number of rotatable bonds is 9. The number of hydrogen-bond donors (Lipinski definition) is 2. The van der Waals surface area contributed by atoms with Crippen LogP contribution < -0.4 is 4.74 Å². The van der Waals surface area contributed by atoms with E-state index in [2.05, 4.69) is 11.2 Å². The molecular weight excluding hydrogens is 516 g/mol. The van der Waals surface area contributed by atoms with Crippen LogP contribution in [-0.4, -0.2) is 31.9 Å². The summed E-state index contributed by atoms with van der Waals surface area (Å²) in [5.74, 6) is -1.08. The van der Waals surface area contributed by atoms with Crippen molar-refractivity contribution in [2.75, 3.05) is 0 Å². The molecule has 0 spiro atoms. The summed E-state index contributed by atoms with van der Waals surface area (Å²) >= 11 is 6.32. The van der Waals surface area contributed by atoms with Crippen LogP contribution in [0.3, 0.4) is 0 Å². The number of benzene rings is 3. The monoisotopic (exact) mass is 544 g/mol. The molecule has 8 heteroatoms. The summed E-state index contributed by atoms with van der Waals surface area (Å²) in [5.41, 5.74) is 7.44. The van der Waals surface area contributed by atoms with Crippen molar-refractivity contribution >= 4 is 23.5 Å². The van der Waals surface area contributed by atoms with E-state index in [0.717, 1.165) is 52.1 Å². The van der Waals surface area contributed by atoms with Crippen molar-refractivity contribution in [2.45, 2.75) is 45.6 Å². The number of carboxylic acid groups (broad SMARTS) is 2. The van der Waals surface area contributed by atoms with Gasteiger partial charge in [0.15, 0.2) is 0 Å². The zero-order chi connectivity index (χ0) is 27.8. The van der Waals surface area contributed by atoms with E-state index in [1.807, 2.05) is 51.2 Å². The van der Waals surface area contributed by atoms with E-state index in [9.17, 15) is 19.8 Å². The summed E-state index contributed by atoms with van der Waals surface area (Å²) in [5, 5.41) is 24.2. The zero-order valence-corrected chi connectivity index (χ0v) is 22.7. The molecule has 4 aromatic rings. The fourth-order valence-electron chi connectivity index (χ4n) is 5.03. The van der Waals surface area contributed by atoms with Gasteiger partial charge in [-0.15, -0.1) is 0 Å². The average Bonchev–Trinajstić information content (AvgIpc) is 3.72. The van der Waals surface area contributed by atoms with Crippen LogP contribution >= 0.6 is 11.6 Å². The maximum absolute atomic E-state index is 11.9. The summed E-state index contributed by atoms with van der Waals surface area (Å²) in [6.07, 6.45) is 2.59. The Morgan fingerprint density at radius 2 is 1.79 bits per heavy atom. The molecule has 0 aliphatic heterocycles. The number of carboxylic acids is 2. The van der Waals surface area contributed by atoms with Gasteiger partial charge in [-0.2, -0.15) is 5.10 Å². The molecule has 0 radical (unpaired) electrons. The van der Waals surface area contributed by atoms with E-state index in [1.54, 1.807) is 10.7 Å². The molecule has 200 valence electrons. The highest BCUT2D eigenvalue weighted by Crippen LogP contribution is 2.43. The lowest BCUT2D eigenvalue weighted by Crippen LogP contribution is -2.09. The van der Waals surface area contributed by atoms with E-state index in [1.165, 1.54) is 17.7 Å². The molecule has 1 fully saturated rings. The topological polar surface area (TPSA) is 102 Å². The third-order valence-electron chi connectivity index (χ3n) is 7.31. The lowest BCUT2D eigenvalue weighted by molar-refractivity contribution is 0.0695. The molecule has 2 N–H and O–H groups in total. The molecule has 0 unspecified atom stereocenters. The molecule has 1 saturated carbocycles. The van der Waals surface area contributed by atoms with Gasteiger partial charge >= 0.3 is 11.9 Å². The van der Waals surface area contributed by atoms with Crippen LogP contribution in [0.4, 0.5) is 0 Å². The van der Waals surface area contributed by atoms with Crippen LogP contribution in [-0.2, 0) is 20.1 Å². The fraction of sp³-hybridized carbons (Fsp3) is 0.258. The first-order valence-corrected chi connectivity index (χ1v) is 13.1. The van der Waals surface area contributed by atoms with E-state index in [0.29, 0.717) is 29.7 Å². The molecule has 1 aliphatic carbocycles. The number of aromatic nitrogens is 2. The Kier molecular flexibility index (Phi) is 7.19. The summed E-state index contributed by atoms with van der Waals surface area (Å²) in [6, 6.07) is 16.3. The Morgan fingerprint density at radius 3 is 2.41 bits per heavy atom. The Balaban J connectivity index is 1.44. The van der Waals surface area contributed by atoms with Crippen molar-refractivity contribution in [3.05, 3.63) is 104 Å². The van der Waals surface area contributed by atoms with Crippen molar-refractivity contribution in [3.63, 3.8) is 0 Å². The molecule has 3 aromatic carbocycles. The van der Waals surface area contributed by atoms with Crippen LogP contribution in [0.2, 0.25) is 5.15 Å². The van der Waals surface area contributed by atoms with Gasteiger partial charge in [-0.05, 0) is 97.2 Å². The highest BCUT2D eigenvalue weighted by Gasteiger charge is 2.28. The summed E-state index contributed by atoms with van der Waals surface area (Å²) < 4.78 is 8.01. The van der Waals surface area contributed by atoms with Crippen molar-refractivity contribution < 1.29 is 24.5 Å². The first kappa shape index (κ1) is 26.5. The minimum Gasteiger partial charge on any atom is -0.489 e. The second-order valence-corrected chi connectivity index (χ2v) is 10.4. The maximum Gasteiger partial charge on any atom is 0.336 e. The lowest BCUT2D eigenvalue weighted by Gasteiger charge is -2.18. The third-order valence-corrected chi connectivity index (χ3v) is 7.84. The Bertz CT molecular complexity index is 1600. The first-order valence-electron chi connectivity index (χ1n) is 12.8. The maximum atomic E-state index is 11.9. The van der Waals surface area contributed by atoms with Crippen LogP contribution in [0.25, 0.3) is 11.3 Å². The molecule has 1 aromatic heterocycles. The summed E-state index contributed by atoms with van der Waals surface area (Å²) in [4.78, 5) is 23.3. The smallest absolute Gasteiger partial charge is 0.336 e. The van der Waals surface area contributed by atoms with Gasteiger partial charge in [-0.3, -0.25) is 4.68 Å². The van der Waals surface area contributed by atoms with E-state index in [-0.39, 0.29) is 11.1 Å². The Labute approximate surface area is 231 Å². The minimum absolute atomic E-state index is 0.00468. The second-order valence-electron chi connectivity index (χ2n) is 10.1. The predicted octanol–water partition coefficient (Wildman–Crippen LogP) is 6.80. The molecule has 0 saturated heterocycles. The van der Waals surface area contributed by atoms with Crippen molar-refractivity contribution in [1.29, 1.82) is 0 Å². The number of aryl methyl sites for hydroxylation is 2. The average molecular weight is 545 g/mol. The van der Waals surface area contributed by atoms with E-state index < -0.39 is 11.9 Å². The quantitative estimate of drug-likeness (QED) is 0.240. The summed E-state index contributed by atoms with van der Waals surface area (Å²) in [6.45, 7) is 4.29. The van der Waals surface area contributed by atoms with Gasteiger partial charge in [0, 0.05) is 18.2 Å². The second kappa shape index (κ2) is 10.6. The molecule has 39 heavy (non-hydrogen) atoms. The molecule has 0 atom stereocenters. The van der Waals surface area contributed by atoms with E-state index >= 15 is 0 Å². The van der Waals surface area contributed by atoms with Crippen LogP contribution in [0.15, 0.2) is 54.6 Å². The van der Waals surface area contributed by atoms with Gasteiger partial charge in [-0.1, -0.05) is 35.9 Å². The number of ether oxygens (including phenoxy) is 1. The van der Waals surface area contributed by atoms with Gasteiger partial charge in [0.2, 0.25) is 0 Å². The number of aromatic carboxylic acids is 2. The van der Waals surface area contributed by atoms with Crippen molar-refractivity contribution in [3.8, 4) is 17.0 Å². The largest absolute Gasteiger partial charge is 0.489 e. The van der Waals surface area contributed by atoms with Crippen LogP contribution in [0, 0.1) is 13.8 Å². The lowest BCUT2D eigenvalue weighted by atomic mass is 9.91. The van der Waals surface area contributed by atoms with Gasteiger partial charge in [0.05, 0.1) is 16.8 Å². The van der Waals surface area contributed by atoms with Crippen molar-refractivity contribution in [1.82, 2.24) is 9.78 Å². The highest BCUT2D eigenvalue weighted by molar-refractivity contribution is 6.30. The Morgan fingerprint density at radius 1 is 1.03 bits per heavy atom. The van der Waals surface area contributed by atoms with Crippen molar-refractivity contribution in [2.24, 2.45) is 7.05 Å². The van der Waals surface area contributed by atoms with E-state index in [4.69, 9.17) is 16.3 Å². The van der Waals surface area contributed by atoms with Crippen LogP contribution in [0.1, 0.15) is 72.9 Å². The molecular formula is C31H29ClN2O5. The standard InChI is InChI=1S/C31H29ClN2O5/c1-17-13-22(28-18(2)29(32)34(3)33-28)11-12-27(17)39-16-26-20(5-4-6-24(26)19-7-8-19)14-21-9-10-23(30(35)36)15-25(21)31(37)38/h4-6,9-13,15,19H,7-8,14,16H2,1-3H3,(H,35,36)(H,37,38). The SMILES string of the molecule is Cc1cc(-c2nn(C)c(Cl)c2C)ccc1OCc1c(Cc2ccc(C(=O)O)cc2C(=O)O)cccc1C1CC1. The van der Waals surface area contributed by atoms with Gasteiger partial charge in [0.25, 0.3) is 0 Å². The fourth-order valence-corrected chi connectivity index (χ4v) is 5.16.